The lowest BCUT2D eigenvalue weighted by atomic mass is 10.1. The fraction of sp³-hybridized carbons (Fsp3) is 0.211. The number of aryl methyl sites for hydroxylation is 1. The Balaban J connectivity index is 2.23. The molecule has 0 amide bonds. The van der Waals surface area contributed by atoms with Crippen molar-refractivity contribution in [1.82, 2.24) is 9.55 Å². The number of carbonyl (C=O) groups excluding carboxylic acids is 1. The van der Waals surface area contributed by atoms with Gasteiger partial charge in [0, 0.05) is 16.9 Å². The summed E-state index contributed by atoms with van der Waals surface area (Å²) in [5.41, 5.74) is 1.78. The van der Waals surface area contributed by atoms with E-state index < -0.39 is 5.97 Å². The second kappa shape index (κ2) is 7.07. The Morgan fingerprint density at radius 2 is 2.00 bits per heavy atom. The van der Waals surface area contributed by atoms with Crippen molar-refractivity contribution < 1.29 is 9.53 Å². The Kier molecular flexibility index (Phi) is 4.86. The van der Waals surface area contributed by atoms with Crippen molar-refractivity contribution in [2.75, 3.05) is 6.61 Å². The second-order valence-corrected chi connectivity index (χ2v) is 6.04. The summed E-state index contributed by atoms with van der Waals surface area (Å²) in [7, 11) is 0. The Morgan fingerprint density at radius 1 is 1.24 bits per heavy atom. The van der Waals surface area contributed by atoms with Gasteiger partial charge in [-0.2, -0.15) is 0 Å². The monoisotopic (exact) mass is 356 g/mol. The molecule has 3 aromatic rings. The minimum absolute atomic E-state index is 0.00735. The molecule has 128 valence electrons. The highest BCUT2D eigenvalue weighted by atomic mass is 35.5. The molecule has 0 aliphatic carbocycles. The molecule has 0 fully saturated rings. The first-order valence-electron chi connectivity index (χ1n) is 7.92. The van der Waals surface area contributed by atoms with Crippen LogP contribution in [0.4, 0.5) is 0 Å². The van der Waals surface area contributed by atoms with E-state index in [1.165, 1.54) is 6.20 Å². The molecule has 0 aliphatic heterocycles. The summed E-state index contributed by atoms with van der Waals surface area (Å²) < 4.78 is 6.77. The Bertz CT molecular complexity index is 1010. The van der Waals surface area contributed by atoms with Gasteiger partial charge in [-0.05, 0) is 37.6 Å². The Morgan fingerprint density at radius 3 is 2.72 bits per heavy atom. The van der Waals surface area contributed by atoms with Gasteiger partial charge in [-0.25, -0.2) is 9.78 Å². The number of hydrogen-bond donors (Lipinski definition) is 0. The number of aromatic nitrogens is 2. The molecule has 5 nitrogen and oxygen atoms in total. The van der Waals surface area contributed by atoms with Gasteiger partial charge in [0.25, 0.3) is 0 Å². The largest absolute Gasteiger partial charge is 0.462 e. The van der Waals surface area contributed by atoms with E-state index in [1.807, 2.05) is 25.1 Å². The third-order valence-corrected chi connectivity index (χ3v) is 4.22. The Hall–Kier alpha value is -2.66. The van der Waals surface area contributed by atoms with Crippen molar-refractivity contribution >= 4 is 28.6 Å². The number of carbonyl (C=O) groups is 1. The predicted octanol–water partition coefficient (Wildman–Crippen LogP) is 3.58. The summed E-state index contributed by atoms with van der Waals surface area (Å²) in [5, 5.41) is 0.989. The molecule has 0 bridgehead atoms. The molecule has 0 spiro atoms. The van der Waals surface area contributed by atoms with Gasteiger partial charge < -0.3 is 9.30 Å². The van der Waals surface area contributed by atoms with Gasteiger partial charge in [-0.1, -0.05) is 29.8 Å². The van der Waals surface area contributed by atoms with Crippen LogP contribution in [-0.4, -0.2) is 22.1 Å². The number of benzene rings is 1. The summed E-state index contributed by atoms with van der Waals surface area (Å²) in [5.74, 6) is -0.636. The maximum atomic E-state index is 12.6. The number of hydrogen-bond acceptors (Lipinski definition) is 4. The number of halogens is 1. The van der Waals surface area contributed by atoms with Crippen LogP contribution in [0.1, 0.15) is 28.5 Å². The second-order valence-electron chi connectivity index (χ2n) is 5.64. The van der Waals surface area contributed by atoms with Gasteiger partial charge in [0.2, 0.25) is 5.43 Å². The van der Waals surface area contributed by atoms with Crippen molar-refractivity contribution in [1.29, 1.82) is 0 Å². The maximum absolute atomic E-state index is 12.6. The first-order valence-corrected chi connectivity index (χ1v) is 8.30. The molecule has 0 saturated carbocycles. The van der Waals surface area contributed by atoms with Crippen LogP contribution < -0.4 is 5.43 Å². The highest BCUT2D eigenvalue weighted by Gasteiger charge is 2.17. The first-order chi connectivity index (χ1) is 12.0. The van der Waals surface area contributed by atoms with Crippen LogP contribution in [0, 0.1) is 6.92 Å². The van der Waals surface area contributed by atoms with Crippen molar-refractivity contribution in [2.24, 2.45) is 0 Å². The average Bonchev–Trinajstić information content (AvgIpc) is 2.59. The smallest absolute Gasteiger partial charge is 0.343 e. The standard InChI is InChI=1S/C19H17ClN2O3/c1-3-25-19(24)15-11-22(10-13-6-4-5-7-16(13)20)18-14(17(15)23)9-8-12(2)21-18/h4-9,11H,3,10H2,1-2H3. The normalized spacial score (nSPS) is 10.8. The van der Waals surface area contributed by atoms with Crippen molar-refractivity contribution in [3.63, 3.8) is 0 Å². The molecule has 0 atom stereocenters. The molecule has 3 rings (SSSR count). The zero-order valence-electron chi connectivity index (χ0n) is 14.0. The van der Waals surface area contributed by atoms with Crippen LogP contribution in [-0.2, 0) is 11.3 Å². The van der Waals surface area contributed by atoms with Crippen LogP contribution in [0.15, 0.2) is 47.4 Å². The number of nitrogens with zero attached hydrogens (tertiary/aromatic N) is 2. The number of fused-ring (bicyclic) bond motifs is 1. The van der Waals surface area contributed by atoms with Crippen LogP contribution >= 0.6 is 11.6 Å². The number of rotatable bonds is 4. The van der Waals surface area contributed by atoms with Crippen LogP contribution in [0.5, 0.6) is 0 Å². The topological polar surface area (TPSA) is 61.2 Å². The Labute approximate surface area is 149 Å². The number of pyridine rings is 2. The molecule has 0 N–H and O–H groups in total. The summed E-state index contributed by atoms with van der Waals surface area (Å²) in [6.45, 7) is 4.14. The molecule has 1 aromatic carbocycles. The molecule has 0 saturated heterocycles. The predicted molar refractivity (Wildman–Crippen MR) is 97.3 cm³/mol. The van der Waals surface area contributed by atoms with Crippen LogP contribution in [0.3, 0.4) is 0 Å². The van der Waals surface area contributed by atoms with Crippen LogP contribution in [0.25, 0.3) is 11.0 Å². The zero-order chi connectivity index (χ0) is 18.0. The maximum Gasteiger partial charge on any atom is 0.343 e. The molecule has 6 heteroatoms. The van der Waals surface area contributed by atoms with E-state index in [0.717, 1.165) is 11.3 Å². The summed E-state index contributed by atoms with van der Waals surface area (Å²) in [4.78, 5) is 29.3. The lowest BCUT2D eigenvalue weighted by Crippen LogP contribution is -2.22. The quantitative estimate of drug-likeness (QED) is 0.670. The minimum atomic E-state index is -0.636. The van der Waals surface area contributed by atoms with E-state index in [-0.39, 0.29) is 17.6 Å². The first kappa shape index (κ1) is 17.2. The highest BCUT2D eigenvalue weighted by molar-refractivity contribution is 6.31. The molecule has 0 unspecified atom stereocenters. The SMILES string of the molecule is CCOC(=O)c1cn(Cc2ccccc2Cl)c2nc(C)ccc2c1=O. The molecule has 0 radical (unpaired) electrons. The molecule has 2 aromatic heterocycles. The van der Waals surface area contributed by atoms with Gasteiger partial charge in [0.15, 0.2) is 0 Å². The molecule has 2 heterocycles. The molecule has 25 heavy (non-hydrogen) atoms. The van der Waals surface area contributed by atoms with Gasteiger partial charge in [0.1, 0.15) is 11.2 Å². The lowest BCUT2D eigenvalue weighted by Gasteiger charge is -2.14. The number of esters is 1. The third-order valence-electron chi connectivity index (χ3n) is 3.85. The average molecular weight is 357 g/mol. The van der Waals surface area contributed by atoms with E-state index >= 15 is 0 Å². The molecular formula is C19H17ClN2O3. The highest BCUT2D eigenvalue weighted by Crippen LogP contribution is 2.19. The van der Waals surface area contributed by atoms with Crippen molar-refractivity contribution in [3.05, 3.63) is 74.7 Å². The van der Waals surface area contributed by atoms with Crippen LogP contribution in [0.2, 0.25) is 5.02 Å². The van der Waals surface area contributed by atoms with E-state index in [4.69, 9.17) is 16.3 Å². The van der Waals surface area contributed by atoms with Gasteiger partial charge in [-0.3, -0.25) is 4.79 Å². The molecular weight excluding hydrogens is 340 g/mol. The van der Waals surface area contributed by atoms with E-state index in [9.17, 15) is 9.59 Å². The number of ether oxygens (including phenoxy) is 1. The van der Waals surface area contributed by atoms with E-state index in [0.29, 0.717) is 22.6 Å². The zero-order valence-corrected chi connectivity index (χ0v) is 14.7. The van der Waals surface area contributed by atoms with Gasteiger partial charge >= 0.3 is 5.97 Å². The lowest BCUT2D eigenvalue weighted by molar-refractivity contribution is 0.0524. The summed E-state index contributed by atoms with van der Waals surface area (Å²) in [6.07, 6.45) is 1.50. The van der Waals surface area contributed by atoms with Crippen molar-refractivity contribution in [2.45, 2.75) is 20.4 Å². The third kappa shape index (κ3) is 3.42. The summed E-state index contributed by atoms with van der Waals surface area (Å²) in [6, 6.07) is 10.9. The van der Waals surface area contributed by atoms with E-state index in [2.05, 4.69) is 4.98 Å². The van der Waals surface area contributed by atoms with Gasteiger partial charge in [0.05, 0.1) is 18.5 Å². The minimum Gasteiger partial charge on any atom is -0.462 e. The van der Waals surface area contributed by atoms with Crippen molar-refractivity contribution in [3.8, 4) is 0 Å². The fourth-order valence-corrected chi connectivity index (χ4v) is 2.84. The summed E-state index contributed by atoms with van der Waals surface area (Å²) >= 11 is 6.25. The van der Waals surface area contributed by atoms with E-state index in [1.54, 1.807) is 29.7 Å². The molecule has 0 aliphatic rings. The fourth-order valence-electron chi connectivity index (χ4n) is 2.64. The van der Waals surface area contributed by atoms with Gasteiger partial charge in [-0.15, -0.1) is 0 Å².